The highest BCUT2D eigenvalue weighted by Crippen LogP contribution is 2.27. The van der Waals surface area contributed by atoms with Crippen molar-refractivity contribution in [3.8, 4) is 0 Å². The van der Waals surface area contributed by atoms with Crippen molar-refractivity contribution in [1.82, 2.24) is 14.7 Å². The first-order chi connectivity index (χ1) is 15.2. The minimum atomic E-state index is -0.291. The summed E-state index contributed by atoms with van der Waals surface area (Å²) in [5, 5.41) is 4.12. The summed E-state index contributed by atoms with van der Waals surface area (Å²) in [5.74, 6) is 0. The second-order valence-electron chi connectivity index (χ2n) is 7.44. The van der Waals surface area contributed by atoms with Gasteiger partial charge in [-0.25, -0.2) is 9.97 Å². The molecule has 7 heteroatoms. The number of nitrogens with one attached hydrogen (secondary N) is 1. The summed E-state index contributed by atoms with van der Waals surface area (Å²) in [6.45, 7) is 2.69. The van der Waals surface area contributed by atoms with Crippen LogP contribution in [-0.4, -0.2) is 27.0 Å². The third kappa shape index (κ3) is 3.77. The average Bonchev–Trinajstić information content (AvgIpc) is 3.21. The molecule has 31 heavy (non-hydrogen) atoms. The van der Waals surface area contributed by atoms with Gasteiger partial charge in [0.1, 0.15) is 12.9 Å². The van der Waals surface area contributed by atoms with Gasteiger partial charge in [0.15, 0.2) is 5.65 Å². The molecule has 0 amide bonds. The molecular weight excluding hydrogens is 390 g/mol. The molecule has 2 aromatic carbocycles. The zero-order valence-electron chi connectivity index (χ0n) is 17.1. The molecule has 0 fully saturated rings. The maximum atomic E-state index is 12.9. The summed E-state index contributed by atoms with van der Waals surface area (Å²) in [6, 6.07) is 19.3. The molecule has 3 heterocycles. The van der Waals surface area contributed by atoms with Crippen LogP contribution in [0.15, 0.2) is 76.8 Å². The Morgan fingerprint density at radius 2 is 1.87 bits per heavy atom. The van der Waals surface area contributed by atoms with Crippen LogP contribution in [0.5, 0.6) is 0 Å². The number of rotatable bonds is 6. The van der Waals surface area contributed by atoms with Gasteiger partial charge in [-0.3, -0.25) is 9.79 Å². The van der Waals surface area contributed by atoms with Gasteiger partial charge in [-0.05, 0) is 24.1 Å². The Morgan fingerprint density at radius 1 is 1.06 bits per heavy atom. The lowest BCUT2D eigenvalue weighted by Gasteiger charge is -2.15. The van der Waals surface area contributed by atoms with Gasteiger partial charge in [-0.2, -0.15) is 0 Å². The van der Waals surface area contributed by atoms with E-state index in [0.717, 1.165) is 34.5 Å². The first kappa shape index (κ1) is 19.0. The molecule has 0 saturated carbocycles. The Kier molecular flexibility index (Phi) is 4.92. The highest BCUT2D eigenvalue weighted by atomic mass is 16.7. The van der Waals surface area contributed by atoms with Crippen molar-refractivity contribution in [2.24, 2.45) is 4.99 Å². The second-order valence-corrected chi connectivity index (χ2v) is 7.44. The normalized spacial score (nSPS) is 12.5. The van der Waals surface area contributed by atoms with Crippen LogP contribution in [0.2, 0.25) is 0 Å². The van der Waals surface area contributed by atoms with Crippen LogP contribution in [0.25, 0.3) is 11.0 Å². The Bertz CT molecular complexity index is 1350. The number of fused-ring (bicyclic) bond motifs is 2. The first-order valence-electron chi connectivity index (χ1n) is 10.1. The molecule has 5 rings (SSSR count). The predicted octanol–water partition coefficient (Wildman–Crippen LogP) is 3.47. The molecular formula is C24H21N5O2. The minimum Gasteiger partial charge on any atom is -0.404 e. The predicted molar refractivity (Wildman–Crippen MR) is 121 cm³/mol. The summed E-state index contributed by atoms with van der Waals surface area (Å²) in [6.07, 6.45) is 2.24. The highest BCUT2D eigenvalue weighted by Gasteiger charge is 2.17. The average molecular weight is 411 g/mol. The standard InChI is InChI=1S/C24H21N5O2/c1-16-23-21(25-13-19-11-18-9-5-6-10-20(18)28-19)12-22(30)29(24(23)27-15-26-16)31-14-17-7-3-2-4-8-17/h2-10,12,15,25H,11,13-14H2,1H3. The largest absolute Gasteiger partial charge is 0.404 e. The van der Waals surface area contributed by atoms with Gasteiger partial charge in [0.25, 0.3) is 5.56 Å². The lowest BCUT2D eigenvalue weighted by molar-refractivity contribution is 0.0980. The van der Waals surface area contributed by atoms with Crippen molar-refractivity contribution in [3.05, 3.63) is 94.2 Å². The van der Waals surface area contributed by atoms with Gasteiger partial charge in [-0.1, -0.05) is 48.5 Å². The fourth-order valence-corrected chi connectivity index (χ4v) is 3.76. The molecule has 0 atom stereocenters. The van der Waals surface area contributed by atoms with Crippen LogP contribution in [0.3, 0.4) is 0 Å². The Labute approximate surface area is 179 Å². The maximum Gasteiger partial charge on any atom is 0.287 e. The second kappa shape index (κ2) is 8.02. The molecule has 0 spiro atoms. The first-order valence-corrected chi connectivity index (χ1v) is 10.1. The zero-order chi connectivity index (χ0) is 21.2. The van der Waals surface area contributed by atoms with Crippen LogP contribution in [0.1, 0.15) is 16.8 Å². The third-order valence-corrected chi connectivity index (χ3v) is 5.30. The number of aromatic nitrogens is 3. The molecule has 2 aromatic heterocycles. The number of pyridine rings is 1. The van der Waals surface area contributed by atoms with Crippen LogP contribution >= 0.6 is 0 Å². The van der Waals surface area contributed by atoms with E-state index in [9.17, 15) is 4.79 Å². The molecule has 154 valence electrons. The number of aliphatic imine (C=N–C) groups is 1. The van der Waals surface area contributed by atoms with Crippen molar-refractivity contribution in [2.45, 2.75) is 20.0 Å². The van der Waals surface area contributed by atoms with E-state index in [2.05, 4.69) is 26.3 Å². The lowest BCUT2D eigenvalue weighted by Crippen LogP contribution is -2.28. The molecule has 0 unspecified atom stereocenters. The maximum absolute atomic E-state index is 12.9. The van der Waals surface area contributed by atoms with Crippen molar-refractivity contribution >= 4 is 28.1 Å². The quantitative estimate of drug-likeness (QED) is 0.525. The number of para-hydroxylation sites is 1. The van der Waals surface area contributed by atoms with E-state index < -0.39 is 0 Å². The number of benzene rings is 2. The molecule has 4 aromatic rings. The van der Waals surface area contributed by atoms with Gasteiger partial charge in [0.05, 0.1) is 29.0 Å². The Hall–Kier alpha value is -4.00. The molecule has 1 aliphatic rings. The Morgan fingerprint density at radius 3 is 2.71 bits per heavy atom. The molecule has 1 aliphatic heterocycles. The molecule has 7 nitrogen and oxygen atoms in total. The van der Waals surface area contributed by atoms with Crippen molar-refractivity contribution in [2.75, 3.05) is 11.9 Å². The van der Waals surface area contributed by atoms with Gasteiger partial charge in [0, 0.05) is 18.2 Å². The SMILES string of the molecule is Cc1ncnc2c1c(NCC1=Nc3ccccc3C1)cc(=O)n2OCc1ccccc1. The van der Waals surface area contributed by atoms with Crippen molar-refractivity contribution in [3.63, 3.8) is 0 Å². The van der Waals surface area contributed by atoms with Gasteiger partial charge in [-0.15, -0.1) is 4.73 Å². The highest BCUT2D eigenvalue weighted by molar-refractivity contribution is 5.98. The van der Waals surface area contributed by atoms with Gasteiger partial charge < -0.3 is 10.2 Å². The topological polar surface area (TPSA) is 81.4 Å². The van der Waals surface area contributed by atoms with Crippen LogP contribution in [0, 0.1) is 6.92 Å². The van der Waals surface area contributed by atoms with Crippen LogP contribution in [-0.2, 0) is 13.0 Å². The summed E-state index contributed by atoms with van der Waals surface area (Å²) in [5.41, 5.74) is 5.80. The van der Waals surface area contributed by atoms with E-state index in [-0.39, 0.29) is 12.2 Å². The molecule has 0 saturated heterocycles. The molecule has 1 N–H and O–H groups in total. The van der Waals surface area contributed by atoms with Crippen molar-refractivity contribution < 1.29 is 4.84 Å². The van der Waals surface area contributed by atoms with Gasteiger partial charge >= 0.3 is 0 Å². The monoisotopic (exact) mass is 411 g/mol. The minimum absolute atomic E-state index is 0.265. The van der Waals surface area contributed by atoms with E-state index >= 15 is 0 Å². The van der Waals surface area contributed by atoms with Gasteiger partial charge in [0.2, 0.25) is 0 Å². The molecule has 0 bridgehead atoms. The Balaban J connectivity index is 1.44. The fourth-order valence-electron chi connectivity index (χ4n) is 3.76. The fraction of sp³-hybridized carbons (Fsp3) is 0.167. The number of aryl methyl sites for hydroxylation is 1. The summed E-state index contributed by atoms with van der Waals surface area (Å²) >= 11 is 0. The summed E-state index contributed by atoms with van der Waals surface area (Å²) < 4.78 is 1.24. The number of hydrogen-bond acceptors (Lipinski definition) is 6. The smallest absolute Gasteiger partial charge is 0.287 e. The number of anilines is 1. The third-order valence-electron chi connectivity index (χ3n) is 5.30. The lowest BCUT2D eigenvalue weighted by atomic mass is 10.1. The summed E-state index contributed by atoms with van der Waals surface area (Å²) in [7, 11) is 0. The number of nitrogens with zero attached hydrogens (tertiary/aromatic N) is 4. The number of hydrogen-bond donors (Lipinski definition) is 1. The van der Waals surface area contributed by atoms with E-state index in [0.29, 0.717) is 17.9 Å². The van der Waals surface area contributed by atoms with E-state index in [1.54, 1.807) is 0 Å². The van der Waals surface area contributed by atoms with E-state index in [4.69, 9.17) is 4.84 Å². The van der Waals surface area contributed by atoms with Crippen LogP contribution in [0.4, 0.5) is 11.4 Å². The zero-order valence-corrected chi connectivity index (χ0v) is 17.1. The van der Waals surface area contributed by atoms with E-state index in [1.807, 2.05) is 55.5 Å². The molecule has 0 radical (unpaired) electrons. The van der Waals surface area contributed by atoms with Crippen molar-refractivity contribution in [1.29, 1.82) is 0 Å². The summed E-state index contributed by atoms with van der Waals surface area (Å²) in [4.78, 5) is 32.0. The van der Waals surface area contributed by atoms with E-state index in [1.165, 1.54) is 22.7 Å². The molecule has 0 aliphatic carbocycles. The van der Waals surface area contributed by atoms with Crippen LogP contribution < -0.4 is 15.7 Å².